The van der Waals surface area contributed by atoms with Gasteiger partial charge in [-0.1, -0.05) is 90.5 Å². The number of amides is 1. The highest BCUT2D eigenvalue weighted by atomic mass is 16.1. The topological polar surface area (TPSA) is 60.2 Å². The summed E-state index contributed by atoms with van der Waals surface area (Å²) < 4.78 is 0.848. The smallest absolute Gasteiger partial charge is 0.233 e. The first-order valence-electron chi connectivity index (χ1n) is 12.2. The summed E-state index contributed by atoms with van der Waals surface area (Å²) in [5.41, 5.74) is 9.23. The van der Waals surface area contributed by atoms with Crippen LogP contribution >= 0.6 is 0 Å². The van der Waals surface area contributed by atoms with E-state index in [0.717, 1.165) is 59.2 Å². The van der Waals surface area contributed by atoms with Gasteiger partial charge in [0.15, 0.2) is 5.78 Å². The molecule has 4 rings (SSSR count). The van der Waals surface area contributed by atoms with Crippen molar-refractivity contribution >= 4 is 11.7 Å². The van der Waals surface area contributed by atoms with Crippen LogP contribution in [0.2, 0.25) is 0 Å². The quantitative estimate of drug-likeness (QED) is 0.369. The summed E-state index contributed by atoms with van der Waals surface area (Å²) in [5.74, 6) is -0.00657. The Labute approximate surface area is 203 Å². The molecule has 1 fully saturated rings. The minimum absolute atomic E-state index is 0.0904. The molecule has 1 saturated heterocycles. The van der Waals surface area contributed by atoms with Crippen molar-refractivity contribution in [2.45, 2.75) is 31.6 Å². The summed E-state index contributed by atoms with van der Waals surface area (Å²) in [6, 6.07) is 27.8. The van der Waals surface area contributed by atoms with Crippen LogP contribution in [0.25, 0.3) is 0 Å². The third kappa shape index (κ3) is 4.69. The van der Waals surface area contributed by atoms with E-state index in [1.807, 2.05) is 91.9 Å². The molecule has 0 aromatic heterocycles. The van der Waals surface area contributed by atoms with Crippen LogP contribution in [0.5, 0.6) is 0 Å². The van der Waals surface area contributed by atoms with Crippen LogP contribution in [-0.2, 0) is 10.2 Å². The van der Waals surface area contributed by atoms with Gasteiger partial charge >= 0.3 is 0 Å². The number of nitrogens with two attached hydrogens (primary N) is 1. The SMILES string of the molecule is Cc1ccc(C(=O)CCC[N+]2(C)CCC(C(C(N)=O)(c3ccccc3)c3ccccc3)C2)cc1. The second-order valence-corrected chi connectivity index (χ2v) is 10.0. The van der Waals surface area contributed by atoms with Crippen LogP contribution in [0.1, 0.15) is 46.3 Å². The normalized spacial score (nSPS) is 20.2. The predicted molar refractivity (Wildman–Crippen MR) is 136 cm³/mol. The predicted octanol–water partition coefficient (Wildman–Crippen LogP) is 4.90. The summed E-state index contributed by atoms with van der Waals surface area (Å²) >= 11 is 0. The molecule has 4 nitrogen and oxygen atoms in total. The van der Waals surface area contributed by atoms with E-state index in [2.05, 4.69) is 7.05 Å². The lowest BCUT2D eigenvalue weighted by Crippen LogP contribution is -2.51. The van der Waals surface area contributed by atoms with Crippen LogP contribution in [0.3, 0.4) is 0 Å². The molecular weight excluding hydrogens is 420 g/mol. The van der Waals surface area contributed by atoms with Crippen LogP contribution in [0, 0.1) is 12.8 Å². The molecule has 2 unspecified atom stereocenters. The maximum absolute atomic E-state index is 13.3. The minimum atomic E-state index is -0.865. The lowest BCUT2D eigenvalue weighted by Gasteiger charge is -2.38. The molecule has 176 valence electrons. The number of carbonyl (C=O) groups is 2. The van der Waals surface area contributed by atoms with E-state index >= 15 is 0 Å². The Hall–Kier alpha value is -3.24. The summed E-state index contributed by atoms with van der Waals surface area (Å²) in [5, 5.41) is 0. The van der Waals surface area contributed by atoms with E-state index in [1.165, 1.54) is 0 Å². The van der Waals surface area contributed by atoms with E-state index in [9.17, 15) is 9.59 Å². The van der Waals surface area contributed by atoms with Crippen LogP contribution in [-0.4, -0.2) is 42.9 Å². The van der Waals surface area contributed by atoms with Gasteiger partial charge in [-0.3, -0.25) is 9.59 Å². The van der Waals surface area contributed by atoms with Crippen LogP contribution in [0.4, 0.5) is 0 Å². The van der Waals surface area contributed by atoms with E-state index in [-0.39, 0.29) is 17.6 Å². The number of aryl methyl sites for hydroxylation is 1. The summed E-state index contributed by atoms with van der Waals surface area (Å²) in [6.07, 6.45) is 2.28. The highest BCUT2D eigenvalue weighted by Gasteiger charge is 2.53. The van der Waals surface area contributed by atoms with Gasteiger partial charge in [0.2, 0.25) is 5.91 Å². The highest BCUT2D eigenvalue weighted by Crippen LogP contribution is 2.45. The molecule has 0 spiro atoms. The number of likely N-dealkylation sites (tertiary alicyclic amines) is 1. The molecule has 3 aromatic carbocycles. The number of quaternary nitrogens is 1. The maximum atomic E-state index is 13.3. The molecule has 1 heterocycles. The zero-order valence-corrected chi connectivity index (χ0v) is 20.2. The molecule has 2 atom stereocenters. The van der Waals surface area contributed by atoms with Crippen molar-refractivity contribution in [3.63, 3.8) is 0 Å². The maximum Gasteiger partial charge on any atom is 0.233 e. The Kier molecular flexibility index (Phi) is 6.99. The number of Topliss-reactive ketones (excluding diaryl/α,β-unsaturated/α-hetero) is 1. The van der Waals surface area contributed by atoms with Crippen LogP contribution < -0.4 is 5.73 Å². The number of hydrogen-bond acceptors (Lipinski definition) is 2. The largest absolute Gasteiger partial charge is 0.369 e. The van der Waals surface area contributed by atoms with Gasteiger partial charge in [-0.15, -0.1) is 0 Å². The Morgan fingerprint density at radius 1 is 0.912 bits per heavy atom. The van der Waals surface area contributed by atoms with Crippen molar-refractivity contribution < 1.29 is 14.1 Å². The van der Waals surface area contributed by atoms with Gasteiger partial charge in [-0.25, -0.2) is 0 Å². The third-order valence-corrected chi connectivity index (χ3v) is 7.61. The van der Waals surface area contributed by atoms with Crippen molar-refractivity contribution in [3.05, 3.63) is 107 Å². The Morgan fingerprint density at radius 3 is 2.00 bits per heavy atom. The number of nitrogens with zero attached hydrogens (tertiary/aromatic N) is 1. The number of rotatable bonds is 9. The molecule has 1 aliphatic rings. The minimum Gasteiger partial charge on any atom is -0.369 e. The highest BCUT2D eigenvalue weighted by molar-refractivity contribution is 5.96. The molecule has 0 bridgehead atoms. The zero-order valence-electron chi connectivity index (χ0n) is 20.2. The van der Waals surface area contributed by atoms with E-state index in [0.29, 0.717) is 6.42 Å². The fourth-order valence-electron chi connectivity index (χ4n) is 5.77. The monoisotopic (exact) mass is 455 g/mol. The van der Waals surface area contributed by atoms with Gasteiger partial charge in [0.1, 0.15) is 5.41 Å². The van der Waals surface area contributed by atoms with Gasteiger partial charge in [0, 0.05) is 30.7 Å². The molecule has 0 aliphatic carbocycles. The number of hydrogen-bond donors (Lipinski definition) is 1. The number of primary amides is 1. The first kappa shape index (κ1) is 23.9. The molecule has 0 saturated carbocycles. The lowest BCUT2D eigenvalue weighted by atomic mass is 9.64. The number of benzene rings is 3. The van der Waals surface area contributed by atoms with Gasteiger partial charge in [0.25, 0.3) is 0 Å². The average molecular weight is 456 g/mol. The standard InChI is InChI=1S/C30H34N2O2/c1-23-15-17-24(18-16-23)28(33)14-9-20-32(2)21-19-27(22-32)30(29(31)34,25-10-5-3-6-11-25)26-12-7-4-8-13-26/h3-8,10-13,15-18,27H,9,14,19-22H2,1-2H3,(H-,31,34)/p+1. The van der Waals surface area contributed by atoms with Crippen LogP contribution in [0.15, 0.2) is 84.9 Å². The van der Waals surface area contributed by atoms with Crippen molar-refractivity contribution in [2.75, 3.05) is 26.7 Å². The van der Waals surface area contributed by atoms with E-state index < -0.39 is 5.41 Å². The van der Waals surface area contributed by atoms with Gasteiger partial charge in [-0.05, 0) is 18.1 Å². The summed E-state index contributed by atoms with van der Waals surface area (Å²) in [7, 11) is 2.25. The third-order valence-electron chi connectivity index (χ3n) is 7.61. The fourth-order valence-corrected chi connectivity index (χ4v) is 5.77. The fraction of sp³-hybridized carbons (Fsp3) is 0.333. The second kappa shape index (κ2) is 9.94. The zero-order chi connectivity index (χ0) is 24.2. The molecule has 4 heteroatoms. The molecule has 0 radical (unpaired) electrons. The first-order chi connectivity index (χ1) is 16.3. The van der Waals surface area contributed by atoms with Gasteiger partial charge in [0.05, 0.1) is 26.7 Å². The van der Waals surface area contributed by atoms with Crippen molar-refractivity contribution in [1.29, 1.82) is 0 Å². The Bertz CT molecular complexity index is 1090. The number of ketones is 1. The molecular formula is C30H35N2O2+. The first-order valence-corrected chi connectivity index (χ1v) is 12.2. The molecule has 1 aliphatic heterocycles. The second-order valence-electron chi connectivity index (χ2n) is 10.0. The summed E-state index contributed by atoms with van der Waals surface area (Å²) in [4.78, 5) is 25.9. The molecule has 1 amide bonds. The van der Waals surface area contributed by atoms with Gasteiger partial charge < -0.3 is 10.2 Å². The average Bonchev–Trinajstić information content (AvgIpc) is 3.23. The Morgan fingerprint density at radius 2 is 1.47 bits per heavy atom. The molecule has 3 aromatic rings. The summed E-state index contributed by atoms with van der Waals surface area (Å²) in [6.45, 7) is 4.76. The lowest BCUT2D eigenvalue weighted by molar-refractivity contribution is -0.899. The number of carbonyl (C=O) groups excluding carboxylic acids is 2. The molecule has 34 heavy (non-hydrogen) atoms. The van der Waals surface area contributed by atoms with Gasteiger partial charge in [-0.2, -0.15) is 0 Å². The van der Waals surface area contributed by atoms with Crippen molar-refractivity contribution in [1.82, 2.24) is 0 Å². The Balaban J connectivity index is 1.53. The van der Waals surface area contributed by atoms with E-state index in [1.54, 1.807) is 0 Å². The molecule has 2 N–H and O–H groups in total. The van der Waals surface area contributed by atoms with Crippen molar-refractivity contribution in [3.8, 4) is 0 Å². The van der Waals surface area contributed by atoms with E-state index in [4.69, 9.17) is 5.73 Å². The van der Waals surface area contributed by atoms with Crippen molar-refractivity contribution in [2.24, 2.45) is 11.7 Å².